The average molecular weight is 446 g/mol. The fourth-order valence-electron chi connectivity index (χ4n) is 3.59. The normalized spacial score (nSPS) is 17.0. The fourth-order valence-corrected chi connectivity index (χ4v) is 4.10. The number of hydrogen-bond donors (Lipinski definition) is 2. The molecule has 0 saturated carbocycles. The smallest absolute Gasteiger partial charge is 0.353 e. The average Bonchev–Trinajstić information content (AvgIpc) is 3.00. The van der Waals surface area contributed by atoms with Crippen molar-refractivity contribution in [1.29, 1.82) is 5.26 Å². The third-order valence-electron chi connectivity index (χ3n) is 4.95. The second-order valence-electron chi connectivity index (χ2n) is 6.72. The van der Waals surface area contributed by atoms with Crippen LogP contribution in [0.15, 0.2) is 53.1 Å². The first-order chi connectivity index (χ1) is 14.6. The van der Waals surface area contributed by atoms with Gasteiger partial charge in [-0.05, 0) is 35.4 Å². The van der Waals surface area contributed by atoms with Crippen LogP contribution in [0, 0.1) is 17.1 Å². The van der Waals surface area contributed by atoms with E-state index in [9.17, 15) is 28.0 Å². The number of carboxylic acids is 1. The molecule has 1 atom stereocenters. The largest absolute Gasteiger partial charge is 0.494 e. The Morgan fingerprint density at radius 2 is 1.94 bits per heavy atom. The number of nitriles is 1. The van der Waals surface area contributed by atoms with E-state index in [-0.39, 0.29) is 34.0 Å². The number of aliphatic carboxylic acids is 1. The minimum absolute atomic E-state index is 0.00415. The molecule has 162 valence electrons. The second-order valence-corrected chi connectivity index (χ2v) is 8.28. The van der Waals surface area contributed by atoms with E-state index in [1.807, 2.05) is 6.07 Å². The maximum absolute atomic E-state index is 14.4. The zero-order valence-electron chi connectivity index (χ0n) is 16.6. The third kappa shape index (κ3) is 4.09. The van der Waals surface area contributed by atoms with Gasteiger partial charge in [0.1, 0.15) is 12.2 Å². The van der Waals surface area contributed by atoms with Crippen LogP contribution in [-0.2, 0) is 14.8 Å². The van der Waals surface area contributed by atoms with Crippen LogP contribution in [0.4, 0.5) is 4.39 Å². The van der Waals surface area contributed by atoms with Gasteiger partial charge in [0.15, 0.2) is 11.6 Å². The summed E-state index contributed by atoms with van der Waals surface area (Å²) in [5.41, 5.74) is 0.869. The number of carbonyl (C=O) groups is 1. The molecule has 0 fully saturated rings. The zero-order valence-corrected chi connectivity index (χ0v) is 17.4. The lowest BCUT2D eigenvalue weighted by Gasteiger charge is -2.30. The molecular weight excluding hydrogens is 427 g/mol. The highest BCUT2D eigenvalue weighted by Gasteiger charge is 2.41. The third-order valence-corrected chi connectivity index (χ3v) is 5.88. The predicted octanol–water partition coefficient (Wildman–Crippen LogP) is 1.70. The molecule has 0 amide bonds. The van der Waals surface area contributed by atoms with Crippen molar-refractivity contribution in [2.75, 3.05) is 20.7 Å². The number of likely N-dealkylation sites (N-methyl/N-ethyl adjacent to an activating group) is 1. The van der Waals surface area contributed by atoms with E-state index in [4.69, 9.17) is 9.88 Å². The van der Waals surface area contributed by atoms with E-state index in [0.29, 0.717) is 5.56 Å². The van der Waals surface area contributed by atoms with E-state index in [1.54, 1.807) is 7.05 Å². The van der Waals surface area contributed by atoms with E-state index in [2.05, 4.69) is 0 Å². The van der Waals surface area contributed by atoms with Crippen LogP contribution in [0.2, 0.25) is 0 Å². The molecule has 0 aromatic heterocycles. The van der Waals surface area contributed by atoms with Crippen LogP contribution in [0.1, 0.15) is 17.2 Å². The van der Waals surface area contributed by atoms with Gasteiger partial charge in [-0.25, -0.2) is 27.8 Å². The number of hydrogen-bond acceptors (Lipinski definition) is 7. The SMILES string of the molecule is COc1ccc(C2=C(C(=O)O)N(CC#N)N(C)C2c2ccc(S(N)(=O)=O)cc2)cc1F. The Labute approximate surface area is 178 Å². The van der Waals surface area contributed by atoms with Gasteiger partial charge in [-0.15, -0.1) is 0 Å². The molecule has 1 aliphatic rings. The van der Waals surface area contributed by atoms with Crippen molar-refractivity contribution in [1.82, 2.24) is 10.0 Å². The topological polar surface area (TPSA) is 137 Å². The van der Waals surface area contributed by atoms with Gasteiger partial charge in [0, 0.05) is 12.6 Å². The Morgan fingerprint density at radius 1 is 1.29 bits per heavy atom. The molecule has 1 aliphatic heterocycles. The molecule has 3 N–H and O–H groups in total. The number of nitrogens with two attached hydrogens (primary N) is 1. The maximum Gasteiger partial charge on any atom is 0.353 e. The van der Waals surface area contributed by atoms with Crippen LogP contribution in [0.3, 0.4) is 0 Å². The molecule has 9 nitrogen and oxygen atoms in total. The number of halogens is 1. The summed E-state index contributed by atoms with van der Waals surface area (Å²) in [4.78, 5) is 12.0. The van der Waals surface area contributed by atoms with Crippen LogP contribution >= 0.6 is 0 Å². The van der Waals surface area contributed by atoms with Crippen LogP contribution in [-0.4, -0.2) is 50.2 Å². The molecule has 0 spiro atoms. The lowest BCUT2D eigenvalue weighted by atomic mass is 9.92. The minimum atomic E-state index is -3.92. The quantitative estimate of drug-likeness (QED) is 0.640. The van der Waals surface area contributed by atoms with E-state index in [1.165, 1.54) is 53.5 Å². The van der Waals surface area contributed by atoms with Gasteiger partial charge in [0.05, 0.1) is 24.1 Å². The van der Waals surface area contributed by atoms with Crippen LogP contribution in [0.5, 0.6) is 5.75 Å². The first kappa shape index (κ1) is 22.2. The molecule has 0 saturated heterocycles. The van der Waals surface area contributed by atoms with Crippen molar-refractivity contribution in [2.24, 2.45) is 5.14 Å². The van der Waals surface area contributed by atoms with Crippen molar-refractivity contribution in [2.45, 2.75) is 10.9 Å². The molecule has 11 heteroatoms. The first-order valence-electron chi connectivity index (χ1n) is 8.91. The molecule has 2 aromatic carbocycles. The van der Waals surface area contributed by atoms with Gasteiger partial charge in [0.2, 0.25) is 10.0 Å². The highest BCUT2D eigenvalue weighted by atomic mass is 32.2. The number of carboxylic acid groups (broad SMARTS) is 1. The number of hydrazine groups is 1. The first-order valence-corrected chi connectivity index (χ1v) is 10.5. The molecular formula is C20H19FN4O5S. The van der Waals surface area contributed by atoms with Crippen molar-refractivity contribution in [3.8, 4) is 11.8 Å². The lowest BCUT2D eigenvalue weighted by molar-refractivity contribution is -0.136. The van der Waals surface area contributed by atoms with E-state index >= 15 is 0 Å². The maximum atomic E-state index is 14.4. The standard InChI is InChI=1S/C20H19FN4O5S/c1-24-18(12-3-6-14(7-4-12)31(23,28)29)17(19(20(26)27)25(24)10-9-22)13-5-8-16(30-2)15(21)11-13/h3-8,11,18H,10H2,1-2H3,(H,26,27)(H2,23,28,29). The summed E-state index contributed by atoms with van der Waals surface area (Å²) in [7, 11) is -1.01. The number of nitrogens with zero attached hydrogens (tertiary/aromatic N) is 3. The highest BCUT2D eigenvalue weighted by Crippen LogP contribution is 2.45. The van der Waals surface area contributed by atoms with Gasteiger partial charge in [-0.1, -0.05) is 18.2 Å². The lowest BCUT2D eigenvalue weighted by Crippen LogP contribution is -2.37. The monoisotopic (exact) mass is 446 g/mol. The van der Waals surface area contributed by atoms with Crippen LogP contribution in [0.25, 0.3) is 5.57 Å². The number of methoxy groups -OCH3 is 1. The molecule has 0 aliphatic carbocycles. The summed E-state index contributed by atoms with van der Waals surface area (Å²) < 4.78 is 42.5. The highest BCUT2D eigenvalue weighted by molar-refractivity contribution is 7.89. The van der Waals surface area contributed by atoms with Gasteiger partial charge >= 0.3 is 5.97 Å². The number of benzene rings is 2. The van der Waals surface area contributed by atoms with Crippen molar-refractivity contribution >= 4 is 21.6 Å². The molecule has 1 heterocycles. The summed E-state index contributed by atoms with van der Waals surface area (Å²) in [6.45, 7) is -0.258. The van der Waals surface area contributed by atoms with Crippen molar-refractivity contribution < 1.29 is 27.4 Å². The summed E-state index contributed by atoms with van der Waals surface area (Å²) in [6.07, 6.45) is 0. The number of rotatable bonds is 6. The fraction of sp³-hybridized carbons (Fsp3) is 0.200. The molecule has 0 bridgehead atoms. The Morgan fingerprint density at radius 3 is 2.42 bits per heavy atom. The van der Waals surface area contributed by atoms with Gasteiger partial charge in [-0.2, -0.15) is 5.26 Å². The Balaban J connectivity index is 2.24. The number of sulfonamides is 1. The van der Waals surface area contributed by atoms with Gasteiger partial charge < -0.3 is 9.84 Å². The van der Waals surface area contributed by atoms with Gasteiger partial charge in [0.25, 0.3) is 0 Å². The zero-order chi connectivity index (χ0) is 22.9. The van der Waals surface area contributed by atoms with Crippen molar-refractivity contribution in [3.05, 3.63) is 65.1 Å². The molecule has 0 radical (unpaired) electrons. The molecule has 1 unspecified atom stereocenters. The molecule has 3 rings (SSSR count). The number of ether oxygens (including phenoxy) is 1. The Bertz CT molecular complexity index is 1210. The Hall–Kier alpha value is -3.46. The minimum Gasteiger partial charge on any atom is -0.494 e. The summed E-state index contributed by atoms with van der Waals surface area (Å²) in [6, 6.07) is 10.9. The predicted molar refractivity (Wildman–Crippen MR) is 108 cm³/mol. The van der Waals surface area contributed by atoms with E-state index in [0.717, 1.165) is 6.07 Å². The number of primary sulfonamides is 1. The molecule has 31 heavy (non-hydrogen) atoms. The van der Waals surface area contributed by atoms with E-state index < -0.39 is 27.9 Å². The second kappa shape index (κ2) is 8.35. The summed E-state index contributed by atoms with van der Waals surface area (Å²) in [5, 5.41) is 27.1. The summed E-state index contributed by atoms with van der Waals surface area (Å²) >= 11 is 0. The molecule has 2 aromatic rings. The Kier molecular flexibility index (Phi) is 5.99. The van der Waals surface area contributed by atoms with Gasteiger partial charge in [-0.3, -0.25) is 5.01 Å². The van der Waals surface area contributed by atoms with Crippen LogP contribution < -0.4 is 9.88 Å². The van der Waals surface area contributed by atoms with Crippen molar-refractivity contribution in [3.63, 3.8) is 0 Å². The summed E-state index contributed by atoms with van der Waals surface area (Å²) in [5.74, 6) is -1.98.